The van der Waals surface area contributed by atoms with Gasteiger partial charge in [-0.15, -0.1) is 0 Å². The fourth-order valence-corrected chi connectivity index (χ4v) is 4.55. The van der Waals surface area contributed by atoms with E-state index in [2.05, 4.69) is 0 Å². The second-order valence-electron chi connectivity index (χ2n) is 7.88. The molecule has 1 aromatic carbocycles. The van der Waals surface area contributed by atoms with Crippen LogP contribution >= 0.6 is 0 Å². The molecule has 0 N–H and O–H groups in total. The zero-order valence-corrected chi connectivity index (χ0v) is 16.2. The van der Waals surface area contributed by atoms with Crippen molar-refractivity contribution >= 4 is 11.8 Å². The third-order valence-electron chi connectivity index (χ3n) is 5.93. The number of hydrogen-bond donors (Lipinski definition) is 0. The standard InChI is InChI=1S/C21H30N2O3/c1-4-26-17-9-7-16(8-10-17)13-19(24)23-14-18(20(25)22(2)3)21(15-23)11-5-6-12-21/h7-10,18H,4-6,11-15H2,1-3H3. The number of likely N-dealkylation sites (tertiary alicyclic amines) is 1. The molecule has 1 aliphatic carbocycles. The largest absolute Gasteiger partial charge is 0.494 e. The van der Waals surface area contributed by atoms with Crippen LogP contribution in [0.4, 0.5) is 0 Å². The fourth-order valence-electron chi connectivity index (χ4n) is 4.55. The van der Waals surface area contributed by atoms with E-state index in [9.17, 15) is 9.59 Å². The zero-order valence-electron chi connectivity index (χ0n) is 16.2. The van der Waals surface area contributed by atoms with E-state index >= 15 is 0 Å². The molecule has 1 spiro atoms. The van der Waals surface area contributed by atoms with Crippen molar-refractivity contribution in [3.8, 4) is 5.75 Å². The highest BCUT2D eigenvalue weighted by molar-refractivity contribution is 5.84. The minimum absolute atomic E-state index is 0.00413. The van der Waals surface area contributed by atoms with E-state index in [0.717, 1.165) is 43.5 Å². The summed E-state index contributed by atoms with van der Waals surface area (Å²) in [6.07, 6.45) is 4.83. The van der Waals surface area contributed by atoms with Crippen molar-refractivity contribution in [2.24, 2.45) is 11.3 Å². The Morgan fingerprint density at radius 3 is 2.42 bits per heavy atom. The number of nitrogens with zero attached hydrogens (tertiary/aromatic N) is 2. The molecule has 0 radical (unpaired) electrons. The predicted octanol–water partition coefficient (Wildman–Crippen LogP) is 2.73. The highest BCUT2D eigenvalue weighted by Crippen LogP contribution is 2.49. The Bertz CT molecular complexity index is 648. The third-order valence-corrected chi connectivity index (χ3v) is 5.93. The average Bonchev–Trinajstić information content (AvgIpc) is 3.24. The van der Waals surface area contributed by atoms with Crippen LogP contribution in [0.1, 0.15) is 38.2 Å². The number of ether oxygens (including phenoxy) is 1. The van der Waals surface area contributed by atoms with Crippen LogP contribution in [0.2, 0.25) is 0 Å². The summed E-state index contributed by atoms with van der Waals surface area (Å²) in [4.78, 5) is 29.2. The monoisotopic (exact) mass is 358 g/mol. The van der Waals surface area contributed by atoms with Gasteiger partial charge in [-0.3, -0.25) is 9.59 Å². The van der Waals surface area contributed by atoms with Crippen LogP contribution in [-0.4, -0.2) is 55.4 Å². The zero-order chi connectivity index (χ0) is 18.7. The fraction of sp³-hybridized carbons (Fsp3) is 0.619. The van der Waals surface area contributed by atoms with E-state index in [0.29, 0.717) is 19.6 Å². The van der Waals surface area contributed by atoms with E-state index in [-0.39, 0.29) is 23.1 Å². The molecule has 1 saturated carbocycles. The molecule has 142 valence electrons. The Labute approximate surface area is 156 Å². The first kappa shape index (κ1) is 18.7. The number of carbonyl (C=O) groups is 2. The maximum Gasteiger partial charge on any atom is 0.227 e. The summed E-state index contributed by atoms with van der Waals surface area (Å²) in [6, 6.07) is 7.72. The highest BCUT2D eigenvalue weighted by Gasteiger charge is 2.52. The van der Waals surface area contributed by atoms with Gasteiger partial charge in [-0.2, -0.15) is 0 Å². The van der Waals surface area contributed by atoms with Gasteiger partial charge in [0.2, 0.25) is 11.8 Å². The quantitative estimate of drug-likeness (QED) is 0.813. The maximum atomic E-state index is 12.9. The molecule has 1 heterocycles. The lowest BCUT2D eigenvalue weighted by molar-refractivity contribution is -0.135. The normalized spacial score (nSPS) is 21.2. The Morgan fingerprint density at radius 1 is 1.19 bits per heavy atom. The molecule has 26 heavy (non-hydrogen) atoms. The van der Waals surface area contributed by atoms with Crippen molar-refractivity contribution in [1.29, 1.82) is 0 Å². The Kier molecular flexibility index (Phi) is 5.54. The summed E-state index contributed by atoms with van der Waals surface area (Å²) in [5.41, 5.74) is 0.983. The minimum Gasteiger partial charge on any atom is -0.494 e. The van der Waals surface area contributed by atoms with E-state index in [1.54, 1.807) is 4.90 Å². The van der Waals surface area contributed by atoms with E-state index in [1.165, 1.54) is 0 Å². The van der Waals surface area contributed by atoms with Gasteiger partial charge in [0.25, 0.3) is 0 Å². The lowest BCUT2D eigenvalue weighted by Crippen LogP contribution is -2.39. The third kappa shape index (κ3) is 3.71. The van der Waals surface area contributed by atoms with Gasteiger partial charge >= 0.3 is 0 Å². The van der Waals surface area contributed by atoms with Crippen LogP contribution in [0.25, 0.3) is 0 Å². The smallest absolute Gasteiger partial charge is 0.227 e. The van der Waals surface area contributed by atoms with Gasteiger partial charge < -0.3 is 14.5 Å². The SMILES string of the molecule is CCOc1ccc(CC(=O)N2CC(C(=O)N(C)C)C3(CCCC3)C2)cc1. The molecule has 2 fully saturated rings. The van der Waals surface area contributed by atoms with Crippen molar-refractivity contribution in [3.05, 3.63) is 29.8 Å². The molecular formula is C21H30N2O3. The summed E-state index contributed by atoms with van der Waals surface area (Å²) in [5.74, 6) is 1.06. The molecule has 5 nitrogen and oxygen atoms in total. The number of carbonyl (C=O) groups excluding carboxylic acids is 2. The Morgan fingerprint density at radius 2 is 1.85 bits per heavy atom. The summed E-state index contributed by atoms with van der Waals surface area (Å²) >= 11 is 0. The molecule has 5 heteroatoms. The van der Waals surface area contributed by atoms with Crippen molar-refractivity contribution in [1.82, 2.24) is 9.80 Å². The number of hydrogen-bond acceptors (Lipinski definition) is 3. The lowest BCUT2D eigenvalue weighted by atomic mass is 9.76. The Balaban J connectivity index is 1.69. The molecule has 0 bridgehead atoms. The molecule has 1 saturated heterocycles. The average molecular weight is 358 g/mol. The topological polar surface area (TPSA) is 49.9 Å². The first-order valence-electron chi connectivity index (χ1n) is 9.66. The van der Waals surface area contributed by atoms with Gasteiger partial charge in [-0.25, -0.2) is 0 Å². The number of amides is 2. The predicted molar refractivity (Wildman–Crippen MR) is 101 cm³/mol. The van der Waals surface area contributed by atoms with Gasteiger partial charge in [0.1, 0.15) is 5.75 Å². The molecule has 1 unspecified atom stereocenters. The maximum absolute atomic E-state index is 12.9. The summed E-state index contributed by atoms with van der Waals surface area (Å²) in [5, 5.41) is 0. The van der Waals surface area contributed by atoms with Crippen molar-refractivity contribution in [3.63, 3.8) is 0 Å². The molecule has 1 aromatic rings. The van der Waals surface area contributed by atoms with Crippen molar-refractivity contribution in [2.45, 2.75) is 39.0 Å². The number of rotatable bonds is 5. The number of benzene rings is 1. The molecule has 1 aliphatic heterocycles. The summed E-state index contributed by atoms with van der Waals surface area (Å²) in [6.45, 7) is 3.88. The van der Waals surface area contributed by atoms with Gasteiger partial charge in [0.15, 0.2) is 0 Å². The van der Waals surface area contributed by atoms with Crippen LogP contribution < -0.4 is 4.74 Å². The molecule has 3 rings (SSSR count). The van der Waals surface area contributed by atoms with Gasteiger partial charge in [-0.05, 0) is 37.5 Å². The minimum atomic E-state index is -0.0516. The first-order valence-corrected chi connectivity index (χ1v) is 9.66. The van der Waals surface area contributed by atoms with Crippen LogP contribution in [0.3, 0.4) is 0 Å². The molecule has 2 amide bonds. The highest BCUT2D eigenvalue weighted by atomic mass is 16.5. The Hall–Kier alpha value is -2.04. The van der Waals surface area contributed by atoms with E-state index < -0.39 is 0 Å². The van der Waals surface area contributed by atoms with Crippen LogP contribution in [-0.2, 0) is 16.0 Å². The molecule has 0 aromatic heterocycles. The van der Waals surface area contributed by atoms with Gasteiger partial charge in [-0.1, -0.05) is 25.0 Å². The lowest BCUT2D eigenvalue weighted by Gasteiger charge is -2.30. The van der Waals surface area contributed by atoms with Crippen LogP contribution in [0, 0.1) is 11.3 Å². The molecular weight excluding hydrogens is 328 g/mol. The summed E-state index contributed by atoms with van der Waals surface area (Å²) < 4.78 is 5.45. The van der Waals surface area contributed by atoms with E-state index in [4.69, 9.17) is 4.74 Å². The van der Waals surface area contributed by atoms with Crippen molar-refractivity contribution in [2.75, 3.05) is 33.8 Å². The van der Waals surface area contributed by atoms with Gasteiger partial charge in [0, 0.05) is 32.6 Å². The van der Waals surface area contributed by atoms with Crippen molar-refractivity contribution < 1.29 is 14.3 Å². The van der Waals surface area contributed by atoms with Crippen LogP contribution in [0.5, 0.6) is 5.75 Å². The van der Waals surface area contributed by atoms with E-state index in [1.807, 2.05) is 50.2 Å². The first-order chi connectivity index (χ1) is 12.4. The van der Waals surface area contributed by atoms with Gasteiger partial charge in [0.05, 0.1) is 18.9 Å². The second kappa shape index (κ2) is 7.68. The molecule has 2 aliphatic rings. The molecule has 1 atom stereocenters. The summed E-state index contributed by atoms with van der Waals surface area (Å²) in [7, 11) is 3.63. The van der Waals surface area contributed by atoms with Crippen LogP contribution in [0.15, 0.2) is 24.3 Å². The second-order valence-corrected chi connectivity index (χ2v) is 7.88.